The largest absolute Gasteiger partial charge is 0.508 e. The highest BCUT2D eigenvalue weighted by Crippen LogP contribution is 2.74. The second-order valence-corrected chi connectivity index (χ2v) is 34.8. The summed E-state index contributed by atoms with van der Waals surface area (Å²) in [7, 11) is 5.53. The van der Waals surface area contributed by atoms with Crippen molar-refractivity contribution in [3.8, 4) is 63.6 Å². The third-order valence-electron chi connectivity index (χ3n) is 26.7. The van der Waals surface area contributed by atoms with Crippen LogP contribution >= 0.6 is 21.6 Å². The standard InChI is InChI=1S/C87H94N4O11S2/c1-4-60-61-22-21-56-16-10-28-86(97)32-31-84-29-30-85(46-84)39-54-37-59(95)38-70(100-47-93)72(54)63-24-23-62-67(44-99-48(2)94)78(101-79(62)76(63)85)75-64-25-27-69-81(71(36-49-11-6-5-7-12-49)104-103-45-51-14-9-17-58(35-51)90-69)102-80(64)77(96)65-41-89-40-55(42-92)66(43-98-3)53-19-18-52(73(65)75)20-26-68(91-83(60)88)74(61)82(84)87(56,86)57-15-8-13-50(33-53)34-57/h5-8,11-13,15,21-25,27,31-32,34,37-38,51-53,55-56,58,66-67,69,71,78,81-83,89-93,95-97H,4,9-10,14,16-17,28-30,33,35-36,39-47,88H2,1-3H3. The zero-order valence-corrected chi connectivity index (χ0v) is 61.1. The van der Waals surface area contributed by atoms with E-state index < -0.39 is 76.7 Å². The molecule has 5 aromatic carbocycles. The van der Waals surface area contributed by atoms with Gasteiger partial charge in [0.25, 0.3) is 0 Å². The highest BCUT2D eigenvalue weighted by atomic mass is 33.1. The number of allylic oxidation sites excluding steroid dienone is 6. The fourth-order valence-electron chi connectivity index (χ4n) is 22.4. The molecule has 18 unspecified atom stereocenters. The number of fused-ring (bicyclic) bond motifs is 12. The number of phenols is 2. The second kappa shape index (κ2) is 26.8. The van der Waals surface area contributed by atoms with Crippen LogP contribution in [-0.2, 0) is 50.9 Å². The molecule has 0 amide bonds. The first kappa shape index (κ1) is 68.4. The molecule has 15 nitrogen and oxygen atoms in total. The van der Waals surface area contributed by atoms with Crippen LogP contribution in [0.2, 0.25) is 0 Å². The summed E-state index contributed by atoms with van der Waals surface area (Å²) in [5.74, 6) is 14.9. The first-order chi connectivity index (χ1) is 50.7. The molecule has 18 atom stereocenters. The zero-order valence-electron chi connectivity index (χ0n) is 59.5. The summed E-state index contributed by atoms with van der Waals surface area (Å²) in [6, 6.07) is 27.3. The van der Waals surface area contributed by atoms with Crippen molar-refractivity contribution in [2.45, 2.75) is 174 Å². The lowest BCUT2D eigenvalue weighted by atomic mass is 9.40. The predicted octanol–water partition coefficient (Wildman–Crippen LogP) is 12.5. The van der Waals surface area contributed by atoms with Gasteiger partial charge in [-0.15, -0.1) is 0 Å². The summed E-state index contributed by atoms with van der Waals surface area (Å²) in [4.78, 5) is 13.8. The van der Waals surface area contributed by atoms with Crippen molar-refractivity contribution in [1.82, 2.24) is 16.0 Å². The maximum absolute atomic E-state index is 14.7. The number of aliphatic hydroxyl groups excluding tert-OH is 2. The van der Waals surface area contributed by atoms with Gasteiger partial charge in [0.2, 0.25) is 0 Å². The maximum Gasteiger partial charge on any atom is 0.302 e. The minimum Gasteiger partial charge on any atom is -0.508 e. The molecular weight excluding hydrogens is 1340 g/mol. The van der Waals surface area contributed by atoms with E-state index in [1.807, 2.05) is 27.7 Å². The van der Waals surface area contributed by atoms with Crippen LogP contribution in [0.15, 0.2) is 132 Å². The fraction of sp³-hybridized carbons (Fsp3) is 0.483. The first-order valence-electron chi connectivity index (χ1n) is 38.1. The Balaban J connectivity index is 0.998. The van der Waals surface area contributed by atoms with E-state index in [9.17, 15) is 30.3 Å². The van der Waals surface area contributed by atoms with Crippen molar-refractivity contribution in [3.63, 3.8) is 0 Å². The molecule has 104 heavy (non-hydrogen) atoms. The molecule has 13 bridgehead atoms. The number of nitrogens with one attached hydrogen (secondary N) is 3. The van der Waals surface area contributed by atoms with Crippen molar-refractivity contribution in [3.05, 3.63) is 187 Å². The van der Waals surface area contributed by atoms with Gasteiger partial charge >= 0.3 is 5.97 Å². The Morgan fingerprint density at radius 1 is 0.904 bits per heavy atom. The number of hydrogen-bond donors (Lipinski definition) is 9. The highest BCUT2D eigenvalue weighted by molar-refractivity contribution is 8.77. The molecule has 4 fully saturated rings. The quantitative estimate of drug-likeness (QED) is 0.0208. The maximum atomic E-state index is 14.7. The third-order valence-corrected chi connectivity index (χ3v) is 29.6. The zero-order chi connectivity index (χ0) is 71.0. The number of methoxy groups -OCH3 is 1. The molecule has 13 aliphatic rings. The van der Waals surface area contributed by atoms with Crippen LogP contribution in [0, 0.1) is 64.6 Å². The number of aliphatic hydroxyl groups is 3. The Hall–Kier alpha value is -7.39. The van der Waals surface area contributed by atoms with Crippen LogP contribution in [0.3, 0.4) is 0 Å². The number of phenolic OH excluding ortho intramolecular Hbond substituents is 2. The lowest BCUT2D eigenvalue weighted by molar-refractivity contribution is -0.141. The Labute approximate surface area is 617 Å². The van der Waals surface area contributed by atoms with Crippen molar-refractivity contribution >= 4 is 33.6 Å². The molecule has 6 aliphatic heterocycles. The normalized spacial score (nSPS) is 34.7. The molecule has 6 heterocycles. The number of benzene rings is 5. The van der Waals surface area contributed by atoms with E-state index in [0.29, 0.717) is 116 Å². The number of nitrogens with two attached hydrogens (primary N) is 1. The molecule has 17 heteroatoms. The Morgan fingerprint density at radius 2 is 1.79 bits per heavy atom. The van der Waals surface area contributed by atoms with E-state index in [4.69, 9.17) is 29.4 Å². The molecule has 18 rings (SSSR count). The SMILES string of the molecule is CCC1=C2C=CC3CCCC4(O)C=CC56CCC7(Cc8cc(O)cc(OCO)c8-c8ccc9c(c87)OC(c7c8c(c(O)c%10c7C7C#CC(=C2C5C34c2cccc(c2)CC(C#C7)C(COC)C(CO)CNC%10)NC1N)OC1C(C=C8)NC2CCCC(CSSC1Cc1ccccc1)C2)C9COC(C)=O)C6. The Morgan fingerprint density at radius 3 is 2.62 bits per heavy atom. The topological polar surface area (TPSA) is 226 Å². The molecule has 3 spiro atoms. The van der Waals surface area contributed by atoms with Gasteiger partial charge in [0.1, 0.15) is 42.0 Å². The number of ether oxygens (including phenoxy) is 5. The summed E-state index contributed by atoms with van der Waals surface area (Å²) in [6.45, 7) is 3.48. The van der Waals surface area contributed by atoms with E-state index >= 15 is 0 Å². The fourth-order valence-corrected chi connectivity index (χ4v) is 25.6. The Bertz CT molecular complexity index is 4620. The van der Waals surface area contributed by atoms with E-state index in [-0.39, 0.29) is 66.3 Å². The van der Waals surface area contributed by atoms with Gasteiger partial charge in [-0.25, -0.2) is 0 Å². The van der Waals surface area contributed by atoms with E-state index in [2.05, 4.69) is 150 Å². The third kappa shape index (κ3) is 10.9. The first-order valence-corrected chi connectivity index (χ1v) is 40.5. The summed E-state index contributed by atoms with van der Waals surface area (Å²) < 4.78 is 35.1. The monoisotopic (exact) mass is 1430 g/mol. The number of aromatic hydroxyl groups is 2. The summed E-state index contributed by atoms with van der Waals surface area (Å²) in [5, 5.41) is 75.3. The van der Waals surface area contributed by atoms with Gasteiger partial charge in [-0.05, 0) is 163 Å². The van der Waals surface area contributed by atoms with Crippen molar-refractivity contribution in [1.29, 1.82) is 0 Å². The van der Waals surface area contributed by atoms with Gasteiger partial charge < -0.3 is 70.9 Å². The average Bonchev–Trinajstić information content (AvgIpc) is 1.38. The van der Waals surface area contributed by atoms with E-state index in [0.717, 1.165) is 93.5 Å². The average molecular weight is 1440 g/mol. The van der Waals surface area contributed by atoms with Gasteiger partial charge in [-0.1, -0.05) is 156 Å². The number of carbonyl (C=O) groups excluding carboxylic acids is 1. The van der Waals surface area contributed by atoms with Crippen LogP contribution in [-0.4, -0.2) is 113 Å². The van der Waals surface area contributed by atoms with Crippen LogP contribution in [0.5, 0.6) is 28.7 Å². The number of dihydropyridines is 1. The number of rotatable bonds is 10. The minimum absolute atomic E-state index is 0.0227. The predicted molar refractivity (Wildman–Crippen MR) is 405 cm³/mol. The van der Waals surface area contributed by atoms with Gasteiger partial charge in [0, 0.05) is 119 Å². The molecule has 3 saturated carbocycles. The molecule has 540 valence electrons. The summed E-state index contributed by atoms with van der Waals surface area (Å²) >= 11 is 0. The number of esters is 1. The van der Waals surface area contributed by atoms with Crippen LogP contribution < -0.4 is 35.9 Å². The summed E-state index contributed by atoms with van der Waals surface area (Å²) in [5.41, 5.74) is 17.6. The minimum atomic E-state index is -1.37. The highest BCUT2D eigenvalue weighted by Gasteiger charge is 2.71. The molecule has 10 N–H and O–H groups in total. The van der Waals surface area contributed by atoms with Gasteiger partial charge in [0.15, 0.2) is 18.3 Å². The van der Waals surface area contributed by atoms with Crippen LogP contribution in [0.4, 0.5) is 0 Å². The Kier molecular flexibility index (Phi) is 17.6. The van der Waals surface area contributed by atoms with Crippen molar-refractivity contribution in [2.24, 2.45) is 46.7 Å². The van der Waals surface area contributed by atoms with Crippen molar-refractivity contribution in [2.75, 3.05) is 46.0 Å². The number of hydrogen-bond acceptors (Lipinski definition) is 17. The van der Waals surface area contributed by atoms with E-state index in [1.165, 1.54) is 18.9 Å². The molecule has 1 saturated heterocycles. The number of carbonyl (C=O) groups is 1. The second-order valence-electron chi connectivity index (χ2n) is 32.2. The molecular formula is C87H94N4O11S2. The van der Waals surface area contributed by atoms with Crippen molar-refractivity contribution < 1.29 is 54.0 Å². The van der Waals surface area contributed by atoms with Gasteiger partial charge in [-0.3, -0.25) is 4.79 Å². The van der Waals surface area contributed by atoms with Gasteiger partial charge in [-0.2, -0.15) is 0 Å². The lowest BCUT2D eigenvalue weighted by Gasteiger charge is -2.64. The van der Waals surface area contributed by atoms with Crippen LogP contribution in [0.25, 0.3) is 17.2 Å². The molecule has 5 aromatic rings. The summed E-state index contributed by atoms with van der Waals surface area (Å²) in [6.07, 6.45) is 22.5. The van der Waals surface area contributed by atoms with Crippen LogP contribution in [0.1, 0.15) is 158 Å². The smallest absolute Gasteiger partial charge is 0.302 e. The molecule has 0 aromatic heterocycles. The molecule has 0 radical (unpaired) electrons. The molecule has 7 aliphatic carbocycles. The lowest BCUT2D eigenvalue weighted by Crippen LogP contribution is -2.66. The van der Waals surface area contributed by atoms with E-state index in [1.54, 1.807) is 13.2 Å². The van der Waals surface area contributed by atoms with Gasteiger partial charge in [0.05, 0.1) is 41.3 Å².